The molecule has 1 heterocycles. The van der Waals surface area contributed by atoms with Gasteiger partial charge >= 0.3 is 0 Å². The van der Waals surface area contributed by atoms with Crippen LogP contribution in [0.5, 0.6) is 5.75 Å². The number of ether oxygens (including phenoxy) is 1. The van der Waals surface area contributed by atoms with E-state index in [-0.39, 0.29) is 5.82 Å². The molecule has 130 valence electrons. The number of aromatic nitrogens is 2. The Labute approximate surface area is 145 Å². The van der Waals surface area contributed by atoms with Crippen molar-refractivity contribution in [2.45, 2.75) is 13.8 Å². The van der Waals surface area contributed by atoms with E-state index in [1.807, 2.05) is 13.0 Å². The molecule has 3 rings (SSSR count). The Kier molecular flexibility index (Phi) is 4.44. The lowest BCUT2D eigenvalue weighted by Gasteiger charge is -2.14. The zero-order valence-corrected chi connectivity index (χ0v) is 14.5. The van der Waals surface area contributed by atoms with E-state index in [0.717, 1.165) is 5.56 Å². The second-order valence-corrected chi connectivity index (χ2v) is 5.84. The van der Waals surface area contributed by atoms with Crippen LogP contribution in [0.25, 0.3) is 11.1 Å². The van der Waals surface area contributed by atoms with Gasteiger partial charge in [0.25, 0.3) is 0 Å². The number of hydrogen-bond donors (Lipinski definition) is 1. The van der Waals surface area contributed by atoms with Crippen LogP contribution in [0.2, 0.25) is 0 Å². The van der Waals surface area contributed by atoms with Gasteiger partial charge in [0.2, 0.25) is 0 Å². The van der Waals surface area contributed by atoms with Gasteiger partial charge in [-0.3, -0.25) is 4.68 Å². The molecule has 0 aliphatic heterocycles. The molecule has 0 fully saturated rings. The zero-order valence-electron chi connectivity index (χ0n) is 14.5. The number of hydrogen-bond acceptors (Lipinski definition) is 3. The highest BCUT2D eigenvalue weighted by atomic mass is 19.1. The Morgan fingerprint density at radius 1 is 1.08 bits per heavy atom. The second kappa shape index (κ2) is 6.55. The smallest absolute Gasteiger partial charge is 0.146 e. The summed E-state index contributed by atoms with van der Waals surface area (Å²) in [4.78, 5) is 0. The summed E-state index contributed by atoms with van der Waals surface area (Å²) in [5, 5.41) is 7.44. The van der Waals surface area contributed by atoms with Gasteiger partial charge < -0.3 is 10.1 Å². The van der Waals surface area contributed by atoms with Gasteiger partial charge in [0.05, 0.1) is 24.1 Å². The highest BCUT2D eigenvalue weighted by molar-refractivity contribution is 5.82. The normalized spacial score (nSPS) is 10.8. The van der Waals surface area contributed by atoms with Crippen molar-refractivity contribution in [1.29, 1.82) is 0 Å². The second-order valence-electron chi connectivity index (χ2n) is 5.84. The van der Waals surface area contributed by atoms with E-state index in [1.54, 1.807) is 36.9 Å². The molecule has 4 nitrogen and oxygen atoms in total. The van der Waals surface area contributed by atoms with Crippen LogP contribution in [-0.2, 0) is 7.05 Å². The van der Waals surface area contributed by atoms with Crippen LogP contribution in [0.3, 0.4) is 0 Å². The topological polar surface area (TPSA) is 39.1 Å². The lowest BCUT2D eigenvalue weighted by molar-refractivity contribution is 0.411. The molecule has 0 saturated carbocycles. The minimum Gasteiger partial charge on any atom is -0.497 e. The largest absolute Gasteiger partial charge is 0.497 e. The highest BCUT2D eigenvalue weighted by Gasteiger charge is 2.20. The van der Waals surface area contributed by atoms with Gasteiger partial charge in [-0.05, 0) is 37.6 Å². The van der Waals surface area contributed by atoms with Crippen molar-refractivity contribution in [1.82, 2.24) is 9.78 Å². The molecule has 0 radical (unpaired) electrons. The summed E-state index contributed by atoms with van der Waals surface area (Å²) in [7, 11) is 3.22. The number of rotatable bonds is 4. The fourth-order valence-electron chi connectivity index (χ4n) is 2.86. The van der Waals surface area contributed by atoms with E-state index >= 15 is 0 Å². The molecule has 3 aromatic rings. The quantitative estimate of drug-likeness (QED) is 0.744. The van der Waals surface area contributed by atoms with E-state index in [2.05, 4.69) is 10.4 Å². The van der Waals surface area contributed by atoms with Crippen molar-refractivity contribution in [3.8, 4) is 16.9 Å². The Morgan fingerprint density at radius 2 is 1.84 bits per heavy atom. The molecular formula is C19H19F2N3O. The summed E-state index contributed by atoms with van der Waals surface area (Å²) in [5.41, 5.74) is 2.71. The number of benzene rings is 2. The Hall–Kier alpha value is -2.89. The van der Waals surface area contributed by atoms with Crippen molar-refractivity contribution in [2.75, 3.05) is 12.4 Å². The molecular weight excluding hydrogens is 324 g/mol. The van der Waals surface area contributed by atoms with Crippen molar-refractivity contribution in [3.63, 3.8) is 0 Å². The number of methoxy groups -OCH3 is 1. The molecule has 6 heteroatoms. The van der Waals surface area contributed by atoms with E-state index in [9.17, 15) is 8.78 Å². The zero-order chi connectivity index (χ0) is 18.1. The maximum Gasteiger partial charge on any atom is 0.146 e. The van der Waals surface area contributed by atoms with Gasteiger partial charge in [0.1, 0.15) is 23.2 Å². The average molecular weight is 343 g/mol. The maximum atomic E-state index is 14.6. The van der Waals surface area contributed by atoms with Crippen LogP contribution in [0.15, 0.2) is 36.4 Å². The first kappa shape index (κ1) is 17.0. The molecule has 0 atom stereocenters. The van der Waals surface area contributed by atoms with Crippen LogP contribution in [0.4, 0.5) is 20.3 Å². The summed E-state index contributed by atoms with van der Waals surface area (Å²) in [6, 6.07) is 9.48. The summed E-state index contributed by atoms with van der Waals surface area (Å²) >= 11 is 0. The van der Waals surface area contributed by atoms with Crippen LogP contribution < -0.4 is 10.1 Å². The Morgan fingerprint density at radius 3 is 2.48 bits per heavy atom. The maximum absolute atomic E-state index is 14.6. The van der Waals surface area contributed by atoms with E-state index in [4.69, 9.17) is 4.74 Å². The predicted octanol–water partition coefficient (Wildman–Crippen LogP) is 4.73. The lowest BCUT2D eigenvalue weighted by atomic mass is 10.0. The third kappa shape index (κ3) is 3.07. The molecule has 0 aliphatic carbocycles. The summed E-state index contributed by atoms with van der Waals surface area (Å²) in [6.45, 7) is 3.60. The Balaban J connectivity index is 2.14. The van der Waals surface area contributed by atoms with Crippen molar-refractivity contribution < 1.29 is 13.5 Å². The van der Waals surface area contributed by atoms with Crippen molar-refractivity contribution >= 4 is 11.5 Å². The third-order valence-electron chi connectivity index (χ3n) is 4.13. The van der Waals surface area contributed by atoms with Crippen LogP contribution in [0.1, 0.15) is 11.3 Å². The van der Waals surface area contributed by atoms with Gasteiger partial charge in [0.15, 0.2) is 0 Å². The molecule has 1 aromatic heterocycles. The van der Waals surface area contributed by atoms with E-state index in [1.165, 1.54) is 19.2 Å². The highest BCUT2D eigenvalue weighted by Crippen LogP contribution is 2.36. The summed E-state index contributed by atoms with van der Waals surface area (Å²) < 4.78 is 35.4. The first-order chi connectivity index (χ1) is 11.9. The third-order valence-corrected chi connectivity index (χ3v) is 4.13. The number of para-hydroxylation sites is 1. The van der Waals surface area contributed by atoms with Gasteiger partial charge in [-0.15, -0.1) is 0 Å². The molecule has 25 heavy (non-hydrogen) atoms. The van der Waals surface area contributed by atoms with E-state index in [0.29, 0.717) is 34.1 Å². The van der Waals surface area contributed by atoms with E-state index < -0.39 is 5.82 Å². The fraction of sp³-hybridized carbons (Fsp3) is 0.211. The minimum absolute atomic E-state index is 0.348. The molecule has 1 N–H and O–H groups in total. The van der Waals surface area contributed by atoms with Gasteiger partial charge in [-0.25, -0.2) is 8.78 Å². The number of nitrogens with zero attached hydrogens (tertiary/aromatic N) is 2. The van der Waals surface area contributed by atoms with Crippen LogP contribution in [0, 0.1) is 25.5 Å². The molecule has 0 unspecified atom stereocenters. The molecule has 0 aliphatic rings. The molecule has 0 spiro atoms. The number of halogens is 2. The fourth-order valence-corrected chi connectivity index (χ4v) is 2.86. The predicted molar refractivity (Wildman–Crippen MR) is 94.3 cm³/mol. The Bertz CT molecular complexity index is 914. The molecule has 2 aromatic carbocycles. The van der Waals surface area contributed by atoms with Crippen LogP contribution in [-0.4, -0.2) is 16.9 Å². The SMILES string of the molecule is COc1ccc(-c2c(C)nn(C)c2Nc2c(C)cccc2F)c(F)c1. The summed E-state index contributed by atoms with van der Waals surface area (Å²) in [5.74, 6) is 0.153. The summed E-state index contributed by atoms with van der Waals surface area (Å²) in [6.07, 6.45) is 0. The standard InChI is InChI=1S/C19H19F2N3O/c1-11-6-5-7-15(20)18(11)22-19-17(12(2)23-24(19)3)14-9-8-13(25-4)10-16(14)21/h5-10,22H,1-4H3. The molecule has 0 saturated heterocycles. The average Bonchev–Trinajstić information content (AvgIpc) is 2.84. The van der Waals surface area contributed by atoms with Crippen LogP contribution >= 0.6 is 0 Å². The minimum atomic E-state index is -0.427. The number of nitrogens with one attached hydrogen (secondary N) is 1. The number of anilines is 2. The van der Waals surface area contributed by atoms with Gasteiger partial charge in [-0.2, -0.15) is 5.10 Å². The van der Waals surface area contributed by atoms with Crippen molar-refractivity contribution in [3.05, 3.63) is 59.3 Å². The first-order valence-electron chi connectivity index (χ1n) is 7.82. The van der Waals surface area contributed by atoms with Gasteiger partial charge in [-0.1, -0.05) is 12.1 Å². The monoisotopic (exact) mass is 343 g/mol. The van der Waals surface area contributed by atoms with Gasteiger partial charge in [0, 0.05) is 18.7 Å². The first-order valence-corrected chi connectivity index (χ1v) is 7.82. The number of aryl methyl sites for hydroxylation is 3. The van der Waals surface area contributed by atoms with Crippen molar-refractivity contribution in [2.24, 2.45) is 7.05 Å². The lowest BCUT2D eigenvalue weighted by Crippen LogP contribution is -2.03. The molecule has 0 bridgehead atoms. The molecule has 0 amide bonds.